The predicted octanol–water partition coefficient (Wildman–Crippen LogP) is -1.54. The van der Waals surface area contributed by atoms with Gasteiger partial charge in [-0.2, -0.15) is 0 Å². The number of aromatic nitrogens is 3. The van der Waals surface area contributed by atoms with Gasteiger partial charge in [0.2, 0.25) is 11.8 Å². The Morgan fingerprint density at radius 3 is 2.89 bits per heavy atom. The Hall–Kier alpha value is -1.96. The van der Waals surface area contributed by atoms with Crippen LogP contribution in [0.2, 0.25) is 0 Å². The van der Waals surface area contributed by atoms with Crippen molar-refractivity contribution in [1.29, 1.82) is 0 Å². The van der Waals surface area contributed by atoms with Crippen LogP contribution in [0.15, 0.2) is 6.20 Å². The summed E-state index contributed by atoms with van der Waals surface area (Å²) in [6.45, 7) is 1.45. The lowest BCUT2D eigenvalue weighted by molar-refractivity contribution is -0.135. The normalized spacial score (nSPS) is 19.4. The van der Waals surface area contributed by atoms with Gasteiger partial charge >= 0.3 is 0 Å². The van der Waals surface area contributed by atoms with Crippen LogP contribution in [-0.4, -0.2) is 44.8 Å². The van der Waals surface area contributed by atoms with Crippen LogP contribution < -0.4 is 11.5 Å². The SMILES string of the molecule is NCc1cn(CC(=O)N2CCCC(C(N)=O)C2)nn1. The summed E-state index contributed by atoms with van der Waals surface area (Å²) in [5, 5.41) is 7.64. The second-order valence-corrected chi connectivity index (χ2v) is 4.69. The number of likely N-dealkylation sites (tertiary alicyclic amines) is 1. The molecule has 1 fully saturated rings. The highest BCUT2D eigenvalue weighted by atomic mass is 16.2. The number of rotatable bonds is 4. The van der Waals surface area contributed by atoms with Gasteiger partial charge in [-0.1, -0.05) is 5.21 Å². The molecule has 2 rings (SSSR count). The average molecular weight is 266 g/mol. The lowest BCUT2D eigenvalue weighted by atomic mass is 9.97. The summed E-state index contributed by atoms with van der Waals surface area (Å²) in [5.74, 6) is -0.670. The molecular weight excluding hydrogens is 248 g/mol. The largest absolute Gasteiger partial charge is 0.369 e. The van der Waals surface area contributed by atoms with Crippen LogP contribution in [0.3, 0.4) is 0 Å². The number of amides is 2. The van der Waals surface area contributed by atoms with E-state index >= 15 is 0 Å². The first-order chi connectivity index (χ1) is 9.10. The summed E-state index contributed by atoms with van der Waals surface area (Å²) in [6.07, 6.45) is 3.19. The molecule has 1 atom stereocenters. The number of piperidine rings is 1. The molecule has 19 heavy (non-hydrogen) atoms. The maximum Gasteiger partial charge on any atom is 0.244 e. The molecule has 2 amide bonds. The topological polar surface area (TPSA) is 120 Å². The molecule has 0 aliphatic carbocycles. The molecule has 1 aliphatic rings. The zero-order valence-electron chi connectivity index (χ0n) is 10.7. The standard InChI is InChI=1S/C11H18N6O2/c12-4-9-6-17(15-14-9)7-10(18)16-3-1-2-8(5-16)11(13)19/h6,8H,1-5,7,12H2,(H2,13,19). The lowest BCUT2D eigenvalue weighted by Gasteiger charge is -2.31. The Kier molecular flexibility index (Phi) is 4.10. The van der Waals surface area contributed by atoms with E-state index in [0.29, 0.717) is 25.3 Å². The Bertz CT molecular complexity index is 472. The number of hydrogen-bond acceptors (Lipinski definition) is 5. The minimum atomic E-state index is -0.344. The van der Waals surface area contributed by atoms with E-state index in [1.54, 1.807) is 11.1 Å². The van der Waals surface area contributed by atoms with Crippen LogP contribution in [0.5, 0.6) is 0 Å². The molecule has 0 bridgehead atoms. The molecular formula is C11H18N6O2. The second-order valence-electron chi connectivity index (χ2n) is 4.69. The van der Waals surface area contributed by atoms with Gasteiger partial charge in [0.15, 0.2) is 0 Å². The number of nitrogens with two attached hydrogens (primary N) is 2. The highest BCUT2D eigenvalue weighted by molar-refractivity contribution is 5.80. The van der Waals surface area contributed by atoms with E-state index < -0.39 is 0 Å². The van der Waals surface area contributed by atoms with Crippen LogP contribution in [0, 0.1) is 5.92 Å². The van der Waals surface area contributed by atoms with Crippen LogP contribution in [0.25, 0.3) is 0 Å². The van der Waals surface area contributed by atoms with Gasteiger partial charge in [-0.05, 0) is 12.8 Å². The molecule has 104 valence electrons. The molecule has 0 radical (unpaired) electrons. The maximum atomic E-state index is 12.1. The zero-order valence-corrected chi connectivity index (χ0v) is 10.7. The third kappa shape index (κ3) is 3.28. The molecule has 0 saturated carbocycles. The van der Waals surface area contributed by atoms with Crippen molar-refractivity contribution >= 4 is 11.8 Å². The van der Waals surface area contributed by atoms with Crippen molar-refractivity contribution in [2.75, 3.05) is 13.1 Å². The van der Waals surface area contributed by atoms with Crippen LogP contribution in [-0.2, 0) is 22.7 Å². The average Bonchev–Trinajstić information content (AvgIpc) is 2.86. The number of carbonyl (C=O) groups is 2. The third-order valence-corrected chi connectivity index (χ3v) is 3.27. The molecule has 2 heterocycles. The first-order valence-electron chi connectivity index (χ1n) is 6.26. The van der Waals surface area contributed by atoms with Gasteiger partial charge in [-0.15, -0.1) is 5.10 Å². The smallest absolute Gasteiger partial charge is 0.244 e. The van der Waals surface area contributed by atoms with E-state index in [-0.39, 0.29) is 24.3 Å². The van der Waals surface area contributed by atoms with E-state index in [1.807, 2.05) is 0 Å². The van der Waals surface area contributed by atoms with Gasteiger partial charge < -0.3 is 16.4 Å². The predicted molar refractivity (Wildman–Crippen MR) is 66.4 cm³/mol. The number of carbonyl (C=O) groups excluding carboxylic acids is 2. The highest BCUT2D eigenvalue weighted by Crippen LogP contribution is 2.16. The molecule has 1 aliphatic heterocycles. The van der Waals surface area contributed by atoms with Crippen molar-refractivity contribution in [3.63, 3.8) is 0 Å². The summed E-state index contributed by atoms with van der Waals surface area (Å²) >= 11 is 0. The van der Waals surface area contributed by atoms with Crippen LogP contribution >= 0.6 is 0 Å². The van der Waals surface area contributed by atoms with Gasteiger partial charge in [0, 0.05) is 19.6 Å². The van der Waals surface area contributed by atoms with Crippen molar-refractivity contribution in [3.8, 4) is 0 Å². The summed E-state index contributed by atoms with van der Waals surface area (Å²) in [7, 11) is 0. The van der Waals surface area contributed by atoms with Crippen molar-refractivity contribution in [1.82, 2.24) is 19.9 Å². The van der Waals surface area contributed by atoms with E-state index in [0.717, 1.165) is 12.8 Å². The Morgan fingerprint density at radius 2 is 2.26 bits per heavy atom. The van der Waals surface area contributed by atoms with Crippen molar-refractivity contribution in [2.45, 2.75) is 25.9 Å². The molecule has 4 N–H and O–H groups in total. The quantitative estimate of drug-likeness (QED) is 0.684. The molecule has 1 saturated heterocycles. The molecule has 8 nitrogen and oxygen atoms in total. The number of nitrogens with zero attached hydrogens (tertiary/aromatic N) is 4. The van der Waals surface area contributed by atoms with Gasteiger partial charge in [0.05, 0.1) is 17.8 Å². The van der Waals surface area contributed by atoms with Crippen molar-refractivity contribution in [3.05, 3.63) is 11.9 Å². The van der Waals surface area contributed by atoms with Crippen LogP contribution in [0.4, 0.5) is 0 Å². The highest BCUT2D eigenvalue weighted by Gasteiger charge is 2.27. The molecule has 1 unspecified atom stereocenters. The first kappa shape index (κ1) is 13.5. The molecule has 8 heteroatoms. The number of primary amides is 1. The lowest BCUT2D eigenvalue weighted by Crippen LogP contribution is -2.45. The Morgan fingerprint density at radius 1 is 1.47 bits per heavy atom. The minimum Gasteiger partial charge on any atom is -0.369 e. The van der Waals surface area contributed by atoms with E-state index in [2.05, 4.69) is 10.3 Å². The van der Waals surface area contributed by atoms with Gasteiger partial charge in [0.25, 0.3) is 0 Å². The minimum absolute atomic E-state index is 0.0839. The van der Waals surface area contributed by atoms with Gasteiger partial charge in [0.1, 0.15) is 6.54 Å². The summed E-state index contributed by atoms with van der Waals surface area (Å²) in [5.41, 5.74) is 11.4. The monoisotopic (exact) mass is 266 g/mol. The fourth-order valence-corrected chi connectivity index (χ4v) is 2.18. The van der Waals surface area contributed by atoms with Crippen molar-refractivity contribution in [2.24, 2.45) is 17.4 Å². The molecule has 1 aromatic rings. The van der Waals surface area contributed by atoms with E-state index in [1.165, 1.54) is 4.68 Å². The summed E-state index contributed by atoms with van der Waals surface area (Å²) in [6, 6.07) is 0. The first-order valence-corrected chi connectivity index (χ1v) is 6.26. The Balaban J connectivity index is 1.93. The van der Waals surface area contributed by atoms with E-state index in [9.17, 15) is 9.59 Å². The van der Waals surface area contributed by atoms with Gasteiger partial charge in [-0.3, -0.25) is 9.59 Å². The van der Waals surface area contributed by atoms with E-state index in [4.69, 9.17) is 11.5 Å². The van der Waals surface area contributed by atoms with Gasteiger partial charge in [-0.25, -0.2) is 4.68 Å². The number of hydrogen-bond donors (Lipinski definition) is 2. The van der Waals surface area contributed by atoms with Crippen LogP contribution in [0.1, 0.15) is 18.5 Å². The fraction of sp³-hybridized carbons (Fsp3) is 0.636. The molecule has 1 aromatic heterocycles. The zero-order chi connectivity index (χ0) is 13.8. The summed E-state index contributed by atoms with van der Waals surface area (Å²) < 4.78 is 1.46. The second kappa shape index (κ2) is 5.79. The maximum absolute atomic E-state index is 12.1. The third-order valence-electron chi connectivity index (χ3n) is 3.27. The fourth-order valence-electron chi connectivity index (χ4n) is 2.18. The molecule has 0 aromatic carbocycles. The molecule has 0 spiro atoms. The van der Waals surface area contributed by atoms with Crippen molar-refractivity contribution < 1.29 is 9.59 Å². The Labute approximate surface area is 110 Å². The summed E-state index contributed by atoms with van der Waals surface area (Å²) in [4.78, 5) is 24.9.